The van der Waals surface area contributed by atoms with Gasteiger partial charge in [-0.2, -0.15) is 0 Å². The van der Waals surface area contributed by atoms with Crippen molar-refractivity contribution >= 4 is 23.3 Å². The van der Waals surface area contributed by atoms with Crippen LogP contribution in [0.25, 0.3) is 0 Å². The lowest BCUT2D eigenvalue weighted by Gasteiger charge is -2.22. The van der Waals surface area contributed by atoms with Crippen LogP contribution in [0.3, 0.4) is 0 Å². The number of benzene rings is 1. The summed E-state index contributed by atoms with van der Waals surface area (Å²) in [6.45, 7) is 5.52. The lowest BCUT2D eigenvalue weighted by Crippen LogP contribution is -2.31. The number of hydrogen-bond acceptors (Lipinski definition) is 6. The highest BCUT2D eigenvalue weighted by molar-refractivity contribution is 5.93. The van der Waals surface area contributed by atoms with E-state index in [2.05, 4.69) is 5.32 Å². The zero-order valence-corrected chi connectivity index (χ0v) is 15.9. The summed E-state index contributed by atoms with van der Waals surface area (Å²) in [5.41, 5.74) is 0.473. The van der Waals surface area contributed by atoms with E-state index in [-0.39, 0.29) is 11.3 Å². The topological polar surface area (TPSA) is 102 Å². The minimum absolute atomic E-state index is 0.0666. The predicted octanol–water partition coefficient (Wildman–Crippen LogP) is 2.90. The van der Waals surface area contributed by atoms with Crippen molar-refractivity contribution in [2.75, 3.05) is 31.1 Å². The van der Waals surface area contributed by atoms with Gasteiger partial charge >= 0.3 is 5.97 Å². The van der Waals surface area contributed by atoms with E-state index in [0.29, 0.717) is 18.2 Å². The Morgan fingerprint density at radius 3 is 2.48 bits per heavy atom. The lowest BCUT2D eigenvalue weighted by molar-refractivity contribution is -0.384. The molecule has 1 saturated heterocycles. The Bertz CT molecular complexity index is 682. The average Bonchev–Trinajstić information content (AvgIpc) is 2.93. The normalized spacial score (nSPS) is 14.6. The molecule has 0 spiro atoms. The van der Waals surface area contributed by atoms with Crippen molar-refractivity contribution in [2.45, 2.75) is 39.5 Å². The first-order chi connectivity index (χ1) is 12.9. The van der Waals surface area contributed by atoms with E-state index >= 15 is 0 Å². The van der Waals surface area contributed by atoms with Gasteiger partial charge in [-0.1, -0.05) is 26.7 Å². The van der Waals surface area contributed by atoms with Gasteiger partial charge in [-0.3, -0.25) is 14.9 Å². The summed E-state index contributed by atoms with van der Waals surface area (Å²) in [6.07, 6.45) is 4.22. The maximum atomic E-state index is 12.2. The van der Waals surface area contributed by atoms with Gasteiger partial charge in [-0.25, -0.2) is 4.79 Å². The number of carbonyl (C=O) groups excluding carboxylic acids is 2. The molecule has 0 saturated carbocycles. The third kappa shape index (κ3) is 6.23. The SMILES string of the molecule is CC(C)CNC(=O)COC(=O)c1ccc(N2CCCCCC2)c([N+](=O)[O-])c1. The van der Waals surface area contributed by atoms with Crippen molar-refractivity contribution in [2.24, 2.45) is 5.92 Å². The maximum absolute atomic E-state index is 12.2. The monoisotopic (exact) mass is 377 g/mol. The number of nitrogens with one attached hydrogen (secondary N) is 1. The van der Waals surface area contributed by atoms with Crippen LogP contribution >= 0.6 is 0 Å². The standard InChI is InChI=1S/C19H27N3O5/c1-14(2)12-20-18(23)13-27-19(24)15-7-8-16(17(11-15)22(25)26)21-9-5-3-4-6-10-21/h7-8,11,14H,3-6,9-10,12-13H2,1-2H3,(H,20,23). The average molecular weight is 377 g/mol. The second-order valence-electron chi connectivity index (χ2n) is 7.14. The molecule has 148 valence electrons. The lowest BCUT2D eigenvalue weighted by atomic mass is 10.1. The molecule has 1 fully saturated rings. The van der Waals surface area contributed by atoms with Crippen LogP contribution in [-0.2, 0) is 9.53 Å². The molecule has 1 amide bonds. The summed E-state index contributed by atoms with van der Waals surface area (Å²) in [5.74, 6) is -0.855. The third-order valence-corrected chi connectivity index (χ3v) is 4.40. The molecular weight excluding hydrogens is 350 g/mol. The number of anilines is 1. The van der Waals surface area contributed by atoms with E-state index in [0.717, 1.165) is 38.8 Å². The molecule has 8 heteroatoms. The fourth-order valence-electron chi connectivity index (χ4n) is 2.96. The van der Waals surface area contributed by atoms with Crippen LogP contribution in [0, 0.1) is 16.0 Å². The van der Waals surface area contributed by atoms with Gasteiger partial charge < -0.3 is 15.0 Å². The van der Waals surface area contributed by atoms with Crippen molar-refractivity contribution in [1.29, 1.82) is 0 Å². The minimum atomic E-state index is -0.750. The number of rotatable bonds is 7. The van der Waals surface area contributed by atoms with Crippen LogP contribution in [0.15, 0.2) is 18.2 Å². The summed E-state index contributed by atoms with van der Waals surface area (Å²) in [6, 6.07) is 4.34. The highest BCUT2D eigenvalue weighted by Crippen LogP contribution is 2.31. The second kappa shape index (κ2) is 9.89. The summed E-state index contributed by atoms with van der Waals surface area (Å²) < 4.78 is 4.98. The van der Waals surface area contributed by atoms with Gasteiger partial charge in [-0.05, 0) is 30.9 Å². The van der Waals surface area contributed by atoms with E-state index in [9.17, 15) is 19.7 Å². The Labute approximate surface area is 159 Å². The number of esters is 1. The predicted molar refractivity (Wildman–Crippen MR) is 102 cm³/mol. The molecule has 1 heterocycles. The number of nitro groups is 1. The van der Waals surface area contributed by atoms with Crippen molar-refractivity contribution in [1.82, 2.24) is 5.32 Å². The smallest absolute Gasteiger partial charge is 0.338 e. The van der Waals surface area contributed by atoms with Crippen LogP contribution in [0.4, 0.5) is 11.4 Å². The van der Waals surface area contributed by atoms with E-state index in [1.165, 1.54) is 12.1 Å². The van der Waals surface area contributed by atoms with Crippen molar-refractivity contribution in [3.05, 3.63) is 33.9 Å². The minimum Gasteiger partial charge on any atom is -0.452 e. The molecule has 0 radical (unpaired) electrons. The molecule has 1 N–H and O–H groups in total. The fraction of sp³-hybridized carbons (Fsp3) is 0.579. The third-order valence-electron chi connectivity index (χ3n) is 4.40. The molecule has 2 rings (SSSR count). The van der Waals surface area contributed by atoms with Gasteiger partial charge in [0.05, 0.1) is 10.5 Å². The molecule has 8 nitrogen and oxygen atoms in total. The van der Waals surface area contributed by atoms with Crippen molar-refractivity contribution < 1.29 is 19.2 Å². The molecule has 27 heavy (non-hydrogen) atoms. The molecule has 1 aromatic rings. The molecule has 0 bridgehead atoms. The Morgan fingerprint density at radius 1 is 1.22 bits per heavy atom. The first-order valence-corrected chi connectivity index (χ1v) is 9.35. The molecular formula is C19H27N3O5. The maximum Gasteiger partial charge on any atom is 0.338 e. The Hall–Kier alpha value is -2.64. The quantitative estimate of drug-likeness (QED) is 0.445. The molecule has 0 atom stereocenters. The molecule has 0 aliphatic carbocycles. The molecule has 0 aromatic heterocycles. The summed E-state index contributed by atoms with van der Waals surface area (Å²) in [5, 5.41) is 14.1. The summed E-state index contributed by atoms with van der Waals surface area (Å²) in [4.78, 5) is 36.8. The fourth-order valence-corrected chi connectivity index (χ4v) is 2.96. The summed E-state index contributed by atoms with van der Waals surface area (Å²) >= 11 is 0. The Balaban J connectivity index is 2.06. The molecule has 1 aromatic carbocycles. The van der Waals surface area contributed by atoms with E-state index < -0.39 is 23.4 Å². The zero-order valence-electron chi connectivity index (χ0n) is 15.9. The van der Waals surface area contributed by atoms with Crippen LogP contribution in [0.2, 0.25) is 0 Å². The molecule has 0 unspecified atom stereocenters. The molecule has 1 aliphatic heterocycles. The van der Waals surface area contributed by atoms with Crippen LogP contribution in [-0.4, -0.2) is 43.0 Å². The number of carbonyl (C=O) groups is 2. The van der Waals surface area contributed by atoms with Crippen LogP contribution < -0.4 is 10.2 Å². The number of nitrogens with zero attached hydrogens (tertiary/aromatic N) is 2. The first-order valence-electron chi connectivity index (χ1n) is 9.35. The van der Waals surface area contributed by atoms with Gasteiger partial charge in [0.15, 0.2) is 6.61 Å². The Morgan fingerprint density at radius 2 is 1.89 bits per heavy atom. The highest BCUT2D eigenvalue weighted by Gasteiger charge is 2.23. The number of nitro benzene ring substituents is 1. The van der Waals surface area contributed by atoms with Crippen LogP contribution in [0.1, 0.15) is 49.9 Å². The van der Waals surface area contributed by atoms with E-state index in [1.54, 1.807) is 6.07 Å². The number of hydrogen-bond donors (Lipinski definition) is 1. The van der Waals surface area contributed by atoms with E-state index in [1.807, 2.05) is 18.7 Å². The number of ether oxygens (including phenoxy) is 1. The van der Waals surface area contributed by atoms with Crippen LogP contribution in [0.5, 0.6) is 0 Å². The van der Waals surface area contributed by atoms with Gasteiger partial charge in [0.1, 0.15) is 5.69 Å². The van der Waals surface area contributed by atoms with Gasteiger partial charge in [0, 0.05) is 25.7 Å². The van der Waals surface area contributed by atoms with Gasteiger partial charge in [0.25, 0.3) is 11.6 Å². The Kier molecular flexibility index (Phi) is 7.57. The first kappa shape index (κ1) is 20.7. The second-order valence-corrected chi connectivity index (χ2v) is 7.14. The van der Waals surface area contributed by atoms with Crippen molar-refractivity contribution in [3.63, 3.8) is 0 Å². The zero-order chi connectivity index (χ0) is 19.8. The summed E-state index contributed by atoms with van der Waals surface area (Å²) in [7, 11) is 0. The van der Waals surface area contributed by atoms with Crippen molar-refractivity contribution in [3.8, 4) is 0 Å². The largest absolute Gasteiger partial charge is 0.452 e. The number of amides is 1. The van der Waals surface area contributed by atoms with Gasteiger partial charge in [0.2, 0.25) is 0 Å². The van der Waals surface area contributed by atoms with Gasteiger partial charge in [-0.15, -0.1) is 0 Å². The highest BCUT2D eigenvalue weighted by atomic mass is 16.6. The molecule has 1 aliphatic rings. The van der Waals surface area contributed by atoms with E-state index in [4.69, 9.17) is 4.74 Å².